The van der Waals surface area contributed by atoms with Gasteiger partial charge in [-0.1, -0.05) is 24.3 Å². The van der Waals surface area contributed by atoms with E-state index in [2.05, 4.69) is 15.6 Å². The highest BCUT2D eigenvalue weighted by atomic mass is 32.1. The van der Waals surface area contributed by atoms with Gasteiger partial charge in [-0.25, -0.2) is 0 Å². The van der Waals surface area contributed by atoms with Gasteiger partial charge in [0.1, 0.15) is 6.04 Å². The Morgan fingerprint density at radius 3 is 2.82 bits per heavy atom. The monoisotopic (exact) mass is 393 g/mol. The van der Waals surface area contributed by atoms with Gasteiger partial charge in [0.2, 0.25) is 11.8 Å². The average Bonchev–Trinajstić information content (AvgIpc) is 3.19. The van der Waals surface area contributed by atoms with E-state index in [1.54, 1.807) is 18.3 Å². The molecule has 1 aliphatic carbocycles. The van der Waals surface area contributed by atoms with Crippen molar-refractivity contribution in [1.82, 2.24) is 15.6 Å². The summed E-state index contributed by atoms with van der Waals surface area (Å²) in [6.45, 7) is 1.77. The van der Waals surface area contributed by atoms with Crippen LogP contribution in [0.3, 0.4) is 0 Å². The van der Waals surface area contributed by atoms with E-state index in [0.717, 1.165) is 34.2 Å². The third-order valence-corrected chi connectivity index (χ3v) is 5.72. The van der Waals surface area contributed by atoms with Gasteiger partial charge in [0.15, 0.2) is 0 Å². The van der Waals surface area contributed by atoms with Crippen molar-refractivity contribution < 1.29 is 9.59 Å². The Kier molecular flexibility index (Phi) is 5.30. The van der Waals surface area contributed by atoms with Crippen molar-refractivity contribution >= 4 is 40.1 Å². The van der Waals surface area contributed by atoms with E-state index >= 15 is 0 Å². The number of amides is 2. The molecule has 1 saturated carbocycles. The van der Waals surface area contributed by atoms with Crippen LogP contribution >= 0.6 is 11.3 Å². The highest BCUT2D eigenvalue weighted by molar-refractivity contribution is 7.10. The minimum Gasteiger partial charge on any atom is -0.361 e. The van der Waals surface area contributed by atoms with Gasteiger partial charge >= 0.3 is 0 Å². The molecule has 2 heterocycles. The van der Waals surface area contributed by atoms with Gasteiger partial charge in [0.25, 0.3) is 0 Å². The number of carbonyl (C=O) groups excluding carboxylic acids is 2. The number of carbonyl (C=O) groups is 2. The Bertz CT molecular complexity index is 1020. The zero-order chi connectivity index (χ0) is 19.5. The molecule has 0 spiro atoms. The molecule has 2 aromatic heterocycles. The first-order valence-electron chi connectivity index (χ1n) is 9.48. The van der Waals surface area contributed by atoms with Gasteiger partial charge in [-0.2, -0.15) is 0 Å². The number of aromatic amines is 1. The predicted molar refractivity (Wildman–Crippen MR) is 113 cm³/mol. The molecule has 1 fully saturated rings. The summed E-state index contributed by atoms with van der Waals surface area (Å²) in [7, 11) is 0. The van der Waals surface area contributed by atoms with Crippen LogP contribution in [0.4, 0.5) is 0 Å². The highest BCUT2D eigenvalue weighted by Crippen LogP contribution is 2.21. The third-order valence-electron chi connectivity index (χ3n) is 4.90. The zero-order valence-corrected chi connectivity index (χ0v) is 16.5. The van der Waals surface area contributed by atoms with Crippen molar-refractivity contribution in [3.05, 3.63) is 64.0 Å². The molecule has 0 unspecified atom stereocenters. The summed E-state index contributed by atoms with van der Waals surface area (Å²) >= 11 is 1.58. The average molecular weight is 394 g/mol. The molecule has 4 rings (SSSR count). The molecule has 3 N–H and O–H groups in total. The van der Waals surface area contributed by atoms with Gasteiger partial charge in [-0.3, -0.25) is 9.59 Å². The second kappa shape index (κ2) is 8.02. The minimum atomic E-state index is -0.612. The summed E-state index contributed by atoms with van der Waals surface area (Å²) < 4.78 is 0. The summed E-state index contributed by atoms with van der Waals surface area (Å²) in [6, 6.07) is 11.5. The minimum absolute atomic E-state index is 0.120. The maximum atomic E-state index is 12.8. The standard InChI is InChI=1S/C22H23N3O2S/c1-14(11-17-5-4-10-28-17)21(26)25-20(22(27)24-16-8-9-16)12-15-13-23-19-7-3-2-6-18(15)19/h2-7,10-11,13,16,20,23H,8-9,12H2,1H3,(H,24,27)(H,25,26)/b14-11+/t20-/m0/s1. The lowest BCUT2D eigenvalue weighted by Crippen LogP contribution is -2.48. The lowest BCUT2D eigenvalue weighted by atomic mass is 10.0. The summed E-state index contributed by atoms with van der Waals surface area (Å²) in [4.78, 5) is 29.7. The lowest BCUT2D eigenvalue weighted by Gasteiger charge is -2.18. The van der Waals surface area contributed by atoms with Crippen LogP contribution in [0.2, 0.25) is 0 Å². The summed E-state index contributed by atoms with van der Waals surface area (Å²) in [5.74, 6) is -0.339. The fourth-order valence-electron chi connectivity index (χ4n) is 3.18. The van der Waals surface area contributed by atoms with Gasteiger partial charge in [-0.15, -0.1) is 11.3 Å². The summed E-state index contributed by atoms with van der Waals surface area (Å²) in [5, 5.41) is 9.01. The van der Waals surface area contributed by atoms with Crippen molar-refractivity contribution in [2.24, 2.45) is 0 Å². The molecular formula is C22H23N3O2S. The van der Waals surface area contributed by atoms with Gasteiger partial charge < -0.3 is 15.6 Å². The van der Waals surface area contributed by atoms with Crippen molar-refractivity contribution in [3.63, 3.8) is 0 Å². The van der Waals surface area contributed by atoms with E-state index in [1.165, 1.54) is 0 Å². The zero-order valence-electron chi connectivity index (χ0n) is 15.7. The number of fused-ring (bicyclic) bond motifs is 1. The number of nitrogens with one attached hydrogen (secondary N) is 3. The van der Waals surface area contributed by atoms with Crippen LogP contribution in [-0.4, -0.2) is 28.9 Å². The Morgan fingerprint density at radius 2 is 2.07 bits per heavy atom. The summed E-state index contributed by atoms with van der Waals surface area (Å²) in [6.07, 6.45) is 6.23. The van der Waals surface area contributed by atoms with Crippen molar-refractivity contribution in [1.29, 1.82) is 0 Å². The molecule has 1 atom stereocenters. The Balaban J connectivity index is 1.53. The van der Waals surface area contributed by atoms with Gasteiger partial charge in [0.05, 0.1) is 0 Å². The van der Waals surface area contributed by atoms with Gasteiger partial charge in [-0.05, 0) is 48.9 Å². The predicted octanol–water partition coefficient (Wildman–Crippen LogP) is 3.64. The molecule has 0 aliphatic heterocycles. The van der Waals surface area contributed by atoms with Crippen molar-refractivity contribution in [2.45, 2.75) is 38.3 Å². The molecule has 2 amide bonds. The van der Waals surface area contributed by atoms with Crippen LogP contribution in [0.5, 0.6) is 0 Å². The van der Waals surface area contributed by atoms with Crippen LogP contribution in [0.1, 0.15) is 30.2 Å². The smallest absolute Gasteiger partial charge is 0.247 e. The number of H-pyrrole nitrogens is 1. The SMILES string of the molecule is C/C(=C\c1cccs1)C(=O)N[C@@H](Cc1c[nH]c2ccccc12)C(=O)NC1CC1. The van der Waals surface area contributed by atoms with Crippen molar-refractivity contribution in [2.75, 3.05) is 0 Å². The molecule has 6 heteroatoms. The van der Waals surface area contributed by atoms with E-state index in [0.29, 0.717) is 12.0 Å². The number of thiophene rings is 1. The van der Waals surface area contributed by atoms with Crippen LogP contribution in [0.25, 0.3) is 17.0 Å². The summed E-state index contributed by atoms with van der Waals surface area (Å²) in [5.41, 5.74) is 2.64. The normalized spacial score (nSPS) is 15.4. The quantitative estimate of drug-likeness (QED) is 0.536. The van der Waals surface area contributed by atoms with E-state index in [-0.39, 0.29) is 17.9 Å². The molecule has 3 aromatic rings. The van der Waals surface area contributed by atoms with Crippen LogP contribution in [-0.2, 0) is 16.0 Å². The maximum Gasteiger partial charge on any atom is 0.247 e. The first-order valence-corrected chi connectivity index (χ1v) is 10.4. The maximum absolute atomic E-state index is 12.8. The topological polar surface area (TPSA) is 74.0 Å². The molecular weight excluding hydrogens is 370 g/mol. The third kappa shape index (κ3) is 4.34. The second-order valence-corrected chi connectivity index (χ2v) is 8.19. The fraction of sp³-hybridized carbons (Fsp3) is 0.273. The number of para-hydroxylation sites is 1. The Labute approximate surface area is 167 Å². The number of hydrogen-bond acceptors (Lipinski definition) is 3. The first-order chi connectivity index (χ1) is 13.6. The molecule has 1 aliphatic rings. The number of aromatic nitrogens is 1. The first kappa shape index (κ1) is 18.5. The van der Waals surface area contributed by atoms with E-state index in [4.69, 9.17) is 0 Å². The largest absolute Gasteiger partial charge is 0.361 e. The van der Waals surface area contributed by atoms with E-state index in [1.807, 2.05) is 54.1 Å². The second-order valence-electron chi connectivity index (χ2n) is 7.22. The van der Waals surface area contributed by atoms with E-state index in [9.17, 15) is 9.59 Å². The molecule has 0 radical (unpaired) electrons. The lowest BCUT2D eigenvalue weighted by molar-refractivity contribution is -0.127. The molecule has 28 heavy (non-hydrogen) atoms. The molecule has 0 bridgehead atoms. The van der Waals surface area contributed by atoms with Crippen molar-refractivity contribution in [3.8, 4) is 0 Å². The fourth-order valence-corrected chi connectivity index (χ4v) is 3.90. The molecule has 5 nitrogen and oxygen atoms in total. The van der Waals surface area contributed by atoms with Gasteiger partial charge in [0, 0.05) is 40.0 Å². The molecule has 0 saturated heterocycles. The Morgan fingerprint density at radius 1 is 1.25 bits per heavy atom. The highest BCUT2D eigenvalue weighted by Gasteiger charge is 2.29. The molecule has 1 aromatic carbocycles. The van der Waals surface area contributed by atoms with E-state index < -0.39 is 6.04 Å². The van der Waals surface area contributed by atoms with Crippen LogP contribution in [0.15, 0.2) is 53.5 Å². The molecule has 144 valence electrons. The number of rotatable bonds is 7. The van der Waals surface area contributed by atoms with Crippen LogP contribution in [0, 0.1) is 0 Å². The van der Waals surface area contributed by atoms with Crippen LogP contribution < -0.4 is 10.6 Å². The number of hydrogen-bond donors (Lipinski definition) is 3. The Hall–Kier alpha value is -2.86. The number of benzene rings is 1.